The number of nitrogens with one attached hydrogen (secondary N) is 4. The summed E-state index contributed by atoms with van der Waals surface area (Å²) in [7, 11) is 0. The number of fused-ring (bicyclic) bond motifs is 2. The van der Waals surface area contributed by atoms with Gasteiger partial charge in [0.15, 0.2) is 0 Å². The van der Waals surface area contributed by atoms with Crippen LogP contribution < -0.4 is 11.0 Å². The summed E-state index contributed by atoms with van der Waals surface area (Å²) in [6, 6.07) is 17.3. The van der Waals surface area contributed by atoms with Crippen LogP contribution in [0.25, 0.3) is 32.4 Å². The van der Waals surface area contributed by atoms with E-state index in [1.165, 1.54) is 11.3 Å². The van der Waals surface area contributed by atoms with Gasteiger partial charge in [0.1, 0.15) is 0 Å². The number of hydrogen-bond donors (Lipinski definition) is 4. The number of carbonyl (C=O) groups excluding carboxylic acids is 1. The zero-order valence-corrected chi connectivity index (χ0v) is 14.8. The second kappa shape index (κ2) is 6.00. The normalized spacial score (nSPS) is 11.3. The third-order valence-electron chi connectivity index (χ3n) is 4.44. The van der Waals surface area contributed by atoms with Gasteiger partial charge in [-0.15, -0.1) is 11.3 Å². The first-order valence-corrected chi connectivity index (χ1v) is 9.18. The number of thiophene rings is 1. The summed E-state index contributed by atoms with van der Waals surface area (Å²) < 4.78 is 0. The van der Waals surface area contributed by atoms with Crippen molar-refractivity contribution < 1.29 is 4.79 Å². The number of hydrogen-bond acceptors (Lipinski definition) is 3. The molecule has 0 saturated carbocycles. The summed E-state index contributed by atoms with van der Waals surface area (Å²) in [5.74, 6) is -0.176. The van der Waals surface area contributed by atoms with Crippen molar-refractivity contribution in [1.29, 1.82) is 0 Å². The number of H-pyrrole nitrogens is 3. The molecule has 3 aromatic heterocycles. The van der Waals surface area contributed by atoms with Gasteiger partial charge in [-0.2, -0.15) is 0 Å². The number of aromatic amines is 3. The van der Waals surface area contributed by atoms with Crippen LogP contribution in [0.5, 0.6) is 0 Å². The Hall–Kier alpha value is -3.58. The molecule has 0 aliphatic carbocycles. The monoisotopic (exact) mass is 374 g/mol. The lowest BCUT2D eigenvalue weighted by atomic mass is 10.1. The van der Waals surface area contributed by atoms with E-state index in [0.717, 1.165) is 21.3 Å². The van der Waals surface area contributed by atoms with Gasteiger partial charge in [0.05, 0.1) is 15.9 Å². The number of imidazole rings is 1. The van der Waals surface area contributed by atoms with Gasteiger partial charge in [0.25, 0.3) is 5.91 Å². The molecular weight excluding hydrogens is 360 g/mol. The summed E-state index contributed by atoms with van der Waals surface area (Å²) in [5, 5.41) is 4.04. The lowest BCUT2D eigenvalue weighted by Gasteiger charge is -2.03. The standard InChI is InChI=1S/C20H14N4O2S/c25-19(22-13-3-4-14-16(10-13)24-20(26)23-14)18-6-5-17(27-18)12-2-1-11-7-8-21-15(11)9-12/h1-10,21H,(H,22,25)(H2,23,24,26). The Morgan fingerprint density at radius 3 is 2.70 bits per heavy atom. The summed E-state index contributed by atoms with van der Waals surface area (Å²) in [5.41, 5.74) is 3.86. The zero-order chi connectivity index (χ0) is 18.4. The van der Waals surface area contributed by atoms with Gasteiger partial charge in [-0.25, -0.2) is 4.79 Å². The van der Waals surface area contributed by atoms with Crippen molar-refractivity contribution in [3.63, 3.8) is 0 Å². The van der Waals surface area contributed by atoms with E-state index >= 15 is 0 Å². The highest BCUT2D eigenvalue weighted by atomic mass is 32.1. The second-order valence-corrected chi connectivity index (χ2v) is 7.32. The van der Waals surface area contributed by atoms with Crippen LogP contribution in [-0.2, 0) is 0 Å². The maximum Gasteiger partial charge on any atom is 0.323 e. The molecule has 0 fully saturated rings. The maximum atomic E-state index is 12.6. The van der Waals surface area contributed by atoms with Crippen LogP contribution in [0.2, 0.25) is 0 Å². The van der Waals surface area contributed by atoms with Crippen molar-refractivity contribution in [2.24, 2.45) is 0 Å². The van der Waals surface area contributed by atoms with E-state index in [2.05, 4.69) is 38.5 Å². The maximum absolute atomic E-state index is 12.6. The smallest absolute Gasteiger partial charge is 0.323 e. The number of aromatic nitrogens is 3. The number of amides is 1. The highest BCUT2D eigenvalue weighted by molar-refractivity contribution is 7.17. The molecule has 3 heterocycles. The van der Waals surface area contributed by atoms with Gasteiger partial charge < -0.3 is 20.3 Å². The Morgan fingerprint density at radius 2 is 1.78 bits per heavy atom. The Kier molecular flexibility index (Phi) is 3.48. The van der Waals surface area contributed by atoms with Gasteiger partial charge in [0.2, 0.25) is 0 Å². The lowest BCUT2D eigenvalue weighted by molar-refractivity contribution is 0.103. The summed E-state index contributed by atoms with van der Waals surface area (Å²) in [4.78, 5) is 34.2. The lowest BCUT2D eigenvalue weighted by Crippen LogP contribution is -2.09. The summed E-state index contributed by atoms with van der Waals surface area (Å²) >= 11 is 1.44. The first kappa shape index (κ1) is 15.7. The van der Waals surface area contributed by atoms with Crippen molar-refractivity contribution in [1.82, 2.24) is 15.0 Å². The Balaban J connectivity index is 1.40. The molecule has 0 atom stereocenters. The molecule has 7 heteroatoms. The fourth-order valence-electron chi connectivity index (χ4n) is 3.12. The molecule has 0 saturated heterocycles. The minimum absolute atomic E-state index is 0.176. The van der Waals surface area contributed by atoms with Crippen LogP contribution in [0, 0.1) is 0 Å². The minimum atomic E-state index is -0.268. The average Bonchev–Trinajstić information content (AvgIpc) is 3.39. The van der Waals surface area contributed by atoms with Crippen LogP contribution in [0.3, 0.4) is 0 Å². The van der Waals surface area contributed by atoms with Crippen molar-refractivity contribution in [2.75, 3.05) is 5.32 Å². The Bertz CT molecular complexity index is 1360. The molecule has 27 heavy (non-hydrogen) atoms. The molecule has 132 valence electrons. The molecule has 0 radical (unpaired) electrons. The molecule has 0 spiro atoms. The fraction of sp³-hybridized carbons (Fsp3) is 0. The average molecular weight is 374 g/mol. The molecule has 0 aliphatic heterocycles. The molecule has 0 bridgehead atoms. The fourth-order valence-corrected chi connectivity index (χ4v) is 4.02. The topological polar surface area (TPSA) is 93.5 Å². The van der Waals surface area contributed by atoms with Crippen LogP contribution in [0.15, 0.2) is 65.6 Å². The largest absolute Gasteiger partial charge is 0.361 e. The van der Waals surface area contributed by atoms with Crippen LogP contribution in [0.4, 0.5) is 5.69 Å². The zero-order valence-electron chi connectivity index (χ0n) is 14.0. The van der Waals surface area contributed by atoms with Gasteiger partial charge in [-0.3, -0.25) is 4.79 Å². The first-order valence-electron chi connectivity index (χ1n) is 8.36. The quantitative estimate of drug-likeness (QED) is 0.379. The summed E-state index contributed by atoms with van der Waals surface area (Å²) in [6.45, 7) is 0. The molecule has 2 aromatic carbocycles. The van der Waals surface area contributed by atoms with E-state index in [4.69, 9.17) is 0 Å². The molecule has 6 nitrogen and oxygen atoms in total. The molecule has 4 N–H and O–H groups in total. The number of carbonyl (C=O) groups is 1. The second-order valence-electron chi connectivity index (χ2n) is 6.24. The SMILES string of the molecule is O=C(Nc1ccc2[nH]c(=O)[nH]c2c1)c1ccc(-c2ccc3cc[nH]c3c2)s1. The van der Waals surface area contributed by atoms with E-state index in [-0.39, 0.29) is 11.6 Å². The van der Waals surface area contributed by atoms with Crippen LogP contribution in [0.1, 0.15) is 9.67 Å². The predicted molar refractivity (Wildman–Crippen MR) is 108 cm³/mol. The van der Waals surface area contributed by atoms with Gasteiger partial charge in [-0.05, 0) is 53.4 Å². The van der Waals surface area contributed by atoms with E-state index < -0.39 is 0 Å². The van der Waals surface area contributed by atoms with Gasteiger partial charge in [-0.1, -0.05) is 12.1 Å². The molecular formula is C20H14N4O2S. The van der Waals surface area contributed by atoms with Gasteiger partial charge >= 0.3 is 5.69 Å². The molecule has 5 aromatic rings. The molecule has 1 amide bonds. The highest BCUT2D eigenvalue weighted by Crippen LogP contribution is 2.30. The van der Waals surface area contributed by atoms with Gasteiger partial charge in [0, 0.05) is 22.3 Å². The first-order chi connectivity index (χ1) is 13.2. The molecule has 5 rings (SSSR count). The summed E-state index contributed by atoms with van der Waals surface area (Å²) in [6.07, 6.45) is 1.91. The van der Waals surface area contributed by atoms with E-state index in [0.29, 0.717) is 21.6 Å². The number of rotatable bonds is 3. The van der Waals surface area contributed by atoms with Crippen molar-refractivity contribution in [3.05, 3.63) is 76.2 Å². The Labute approximate surface area is 156 Å². The van der Waals surface area contributed by atoms with Crippen molar-refractivity contribution in [2.45, 2.75) is 0 Å². The van der Waals surface area contributed by atoms with Crippen molar-refractivity contribution in [3.8, 4) is 10.4 Å². The van der Waals surface area contributed by atoms with E-state index in [1.54, 1.807) is 18.2 Å². The van der Waals surface area contributed by atoms with Crippen LogP contribution in [-0.4, -0.2) is 20.9 Å². The number of anilines is 1. The Morgan fingerprint density at radius 1 is 0.889 bits per heavy atom. The highest BCUT2D eigenvalue weighted by Gasteiger charge is 2.12. The molecule has 0 aliphatic rings. The third-order valence-corrected chi connectivity index (χ3v) is 5.58. The minimum Gasteiger partial charge on any atom is -0.361 e. The number of benzene rings is 2. The van der Waals surface area contributed by atoms with E-state index in [9.17, 15) is 9.59 Å². The predicted octanol–water partition coefficient (Wildman–Crippen LogP) is 4.32. The van der Waals surface area contributed by atoms with Crippen molar-refractivity contribution >= 4 is 44.9 Å². The third kappa shape index (κ3) is 2.84. The molecule has 0 unspecified atom stereocenters. The van der Waals surface area contributed by atoms with E-state index in [1.807, 2.05) is 24.4 Å². The van der Waals surface area contributed by atoms with Crippen LogP contribution >= 0.6 is 11.3 Å².